The van der Waals surface area contributed by atoms with Crippen LogP contribution in [0.2, 0.25) is 0 Å². The van der Waals surface area contributed by atoms with E-state index in [9.17, 15) is 0 Å². The number of thiazole rings is 1. The van der Waals surface area contributed by atoms with E-state index in [1.807, 2.05) is 30.8 Å². The molecule has 6 heteroatoms. The third kappa shape index (κ3) is 3.40. The summed E-state index contributed by atoms with van der Waals surface area (Å²) in [5, 5.41) is 11.9. The predicted octanol–water partition coefficient (Wildman–Crippen LogP) is 4.21. The van der Waals surface area contributed by atoms with E-state index in [2.05, 4.69) is 32.3 Å². The summed E-state index contributed by atoms with van der Waals surface area (Å²) in [5.41, 5.74) is 3.21. The first-order valence-corrected chi connectivity index (χ1v) is 8.70. The fourth-order valence-corrected chi connectivity index (χ4v) is 3.55. The Morgan fingerprint density at radius 2 is 2.24 bits per heavy atom. The highest BCUT2D eigenvalue weighted by Gasteiger charge is 2.11. The molecule has 0 aromatic carbocycles. The zero-order chi connectivity index (χ0) is 14.7. The highest BCUT2D eigenvalue weighted by Crippen LogP contribution is 2.22. The van der Waals surface area contributed by atoms with E-state index in [4.69, 9.17) is 4.74 Å². The van der Waals surface area contributed by atoms with Crippen LogP contribution >= 0.6 is 22.7 Å². The Bertz CT molecular complexity index is 687. The van der Waals surface area contributed by atoms with Gasteiger partial charge in [-0.3, -0.25) is 4.68 Å². The van der Waals surface area contributed by atoms with Crippen molar-refractivity contribution in [3.05, 3.63) is 45.2 Å². The molecule has 0 saturated carbocycles. The van der Waals surface area contributed by atoms with Gasteiger partial charge in [0.2, 0.25) is 0 Å². The zero-order valence-electron chi connectivity index (χ0n) is 12.0. The van der Waals surface area contributed by atoms with Crippen LogP contribution in [0.15, 0.2) is 34.5 Å². The van der Waals surface area contributed by atoms with Crippen LogP contribution in [0.4, 0.5) is 0 Å². The molecule has 110 valence electrons. The minimum Gasteiger partial charge on any atom is -0.372 e. The van der Waals surface area contributed by atoms with E-state index < -0.39 is 0 Å². The van der Waals surface area contributed by atoms with Gasteiger partial charge in [-0.2, -0.15) is 16.4 Å². The first kappa shape index (κ1) is 14.4. The van der Waals surface area contributed by atoms with Gasteiger partial charge >= 0.3 is 0 Å². The Morgan fingerprint density at radius 1 is 1.33 bits per heavy atom. The molecular weight excluding hydrogens is 302 g/mol. The van der Waals surface area contributed by atoms with Crippen molar-refractivity contribution in [2.75, 3.05) is 6.61 Å². The Balaban J connectivity index is 1.70. The van der Waals surface area contributed by atoms with E-state index in [0.717, 1.165) is 16.4 Å². The monoisotopic (exact) mass is 319 g/mol. The Morgan fingerprint density at radius 3 is 3.00 bits per heavy atom. The van der Waals surface area contributed by atoms with Gasteiger partial charge in [0, 0.05) is 29.1 Å². The van der Waals surface area contributed by atoms with Crippen LogP contribution in [-0.4, -0.2) is 21.4 Å². The molecule has 0 spiro atoms. The molecule has 0 amide bonds. The minimum absolute atomic E-state index is 0.0627. The number of aromatic nitrogens is 3. The average molecular weight is 319 g/mol. The highest BCUT2D eigenvalue weighted by atomic mass is 32.1. The molecule has 0 aliphatic heterocycles. The van der Waals surface area contributed by atoms with Crippen LogP contribution in [0.1, 0.15) is 30.7 Å². The van der Waals surface area contributed by atoms with Crippen LogP contribution in [0.3, 0.4) is 0 Å². The summed E-state index contributed by atoms with van der Waals surface area (Å²) in [6.07, 6.45) is 2.06. The number of hydrogen-bond acceptors (Lipinski definition) is 5. The maximum atomic E-state index is 5.57. The number of ether oxygens (including phenoxy) is 1. The molecule has 1 atom stereocenters. The number of nitrogens with zero attached hydrogens (tertiary/aromatic N) is 3. The molecule has 3 rings (SSSR count). The lowest BCUT2D eigenvalue weighted by atomic mass is 10.2. The molecule has 0 saturated heterocycles. The first-order valence-electron chi connectivity index (χ1n) is 6.88. The largest absolute Gasteiger partial charge is 0.372 e. The van der Waals surface area contributed by atoms with Crippen molar-refractivity contribution in [2.24, 2.45) is 0 Å². The molecule has 1 unspecified atom stereocenters. The summed E-state index contributed by atoms with van der Waals surface area (Å²) < 4.78 is 7.50. The molecule has 3 aromatic heterocycles. The normalized spacial score (nSPS) is 12.7. The fraction of sp³-hybridized carbons (Fsp3) is 0.333. The van der Waals surface area contributed by atoms with Crippen molar-refractivity contribution in [3.63, 3.8) is 0 Å². The van der Waals surface area contributed by atoms with Gasteiger partial charge < -0.3 is 4.74 Å². The summed E-state index contributed by atoms with van der Waals surface area (Å²) in [6, 6.07) is 4.13. The third-order valence-corrected chi connectivity index (χ3v) is 4.85. The summed E-state index contributed by atoms with van der Waals surface area (Å²) in [6.45, 7) is 5.44. The van der Waals surface area contributed by atoms with Crippen LogP contribution in [0.5, 0.6) is 0 Å². The predicted molar refractivity (Wildman–Crippen MR) is 86.8 cm³/mol. The molecule has 21 heavy (non-hydrogen) atoms. The van der Waals surface area contributed by atoms with E-state index in [-0.39, 0.29) is 6.10 Å². The lowest BCUT2D eigenvalue weighted by molar-refractivity contribution is 0.0761. The Kier molecular flexibility index (Phi) is 4.48. The van der Waals surface area contributed by atoms with Gasteiger partial charge in [-0.15, -0.1) is 11.3 Å². The molecule has 0 aliphatic rings. The van der Waals surface area contributed by atoms with E-state index in [1.54, 1.807) is 22.7 Å². The van der Waals surface area contributed by atoms with E-state index in [1.165, 1.54) is 5.56 Å². The summed E-state index contributed by atoms with van der Waals surface area (Å²) >= 11 is 3.33. The number of thiophene rings is 1. The topological polar surface area (TPSA) is 39.9 Å². The fourth-order valence-electron chi connectivity index (χ4n) is 2.08. The van der Waals surface area contributed by atoms with E-state index in [0.29, 0.717) is 13.2 Å². The number of rotatable bonds is 6. The molecule has 4 nitrogen and oxygen atoms in total. The summed E-state index contributed by atoms with van der Waals surface area (Å²) in [5.74, 6) is 0. The molecule has 0 radical (unpaired) electrons. The molecule has 0 N–H and O–H groups in total. The first-order chi connectivity index (χ1) is 10.3. The zero-order valence-corrected chi connectivity index (χ0v) is 13.7. The molecule has 3 aromatic rings. The number of hydrogen-bond donors (Lipinski definition) is 0. The second kappa shape index (κ2) is 6.51. The standard InChI is InChI=1S/C15H17N3OS2/c1-3-19-11(2)15-16-13(10-21-15)8-18-6-4-14(17-18)12-5-7-20-9-12/h4-7,9-11H,3,8H2,1-2H3. The SMILES string of the molecule is CCOC(C)c1nc(Cn2ccc(-c3ccsc3)n2)cs1. The van der Waals surface area contributed by atoms with Gasteiger partial charge in [0.05, 0.1) is 17.9 Å². The van der Waals surface area contributed by atoms with Gasteiger partial charge in [-0.1, -0.05) is 0 Å². The average Bonchev–Trinajstić information content (AvgIpc) is 3.20. The second-order valence-corrected chi connectivity index (χ2v) is 6.35. The molecule has 0 fully saturated rings. The third-order valence-electron chi connectivity index (χ3n) is 3.12. The van der Waals surface area contributed by atoms with Crippen molar-refractivity contribution in [1.82, 2.24) is 14.8 Å². The van der Waals surface area contributed by atoms with Gasteiger partial charge in [0.25, 0.3) is 0 Å². The summed E-state index contributed by atoms with van der Waals surface area (Å²) in [4.78, 5) is 4.63. The molecule has 0 bridgehead atoms. The lowest BCUT2D eigenvalue weighted by Crippen LogP contribution is -2.03. The quantitative estimate of drug-likeness (QED) is 0.683. The van der Waals surface area contributed by atoms with Gasteiger partial charge in [-0.05, 0) is 31.4 Å². The smallest absolute Gasteiger partial charge is 0.122 e. The summed E-state index contributed by atoms with van der Waals surface area (Å²) in [7, 11) is 0. The van der Waals surface area contributed by atoms with Crippen LogP contribution in [0, 0.1) is 0 Å². The van der Waals surface area contributed by atoms with Crippen molar-refractivity contribution in [2.45, 2.75) is 26.5 Å². The van der Waals surface area contributed by atoms with Crippen LogP contribution < -0.4 is 0 Å². The molecular formula is C15H17N3OS2. The van der Waals surface area contributed by atoms with Crippen molar-refractivity contribution < 1.29 is 4.74 Å². The van der Waals surface area contributed by atoms with Crippen molar-refractivity contribution >= 4 is 22.7 Å². The minimum atomic E-state index is 0.0627. The lowest BCUT2D eigenvalue weighted by Gasteiger charge is -2.06. The molecule has 0 aliphatic carbocycles. The maximum Gasteiger partial charge on any atom is 0.122 e. The van der Waals surface area contributed by atoms with E-state index >= 15 is 0 Å². The van der Waals surface area contributed by atoms with Crippen molar-refractivity contribution in [1.29, 1.82) is 0 Å². The van der Waals surface area contributed by atoms with Crippen LogP contribution in [-0.2, 0) is 11.3 Å². The molecule has 3 heterocycles. The van der Waals surface area contributed by atoms with Gasteiger partial charge in [-0.25, -0.2) is 4.98 Å². The van der Waals surface area contributed by atoms with Gasteiger partial charge in [0.15, 0.2) is 0 Å². The van der Waals surface area contributed by atoms with Gasteiger partial charge in [0.1, 0.15) is 11.1 Å². The van der Waals surface area contributed by atoms with Crippen molar-refractivity contribution in [3.8, 4) is 11.3 Å². The maximum absolute atomic E-state index is 5.57. The van der Waals surface area contributed by atoms with Crippen LogP contribution in [0.25, 0.3) is 11.3 Å². The Hall–Kier alpha value is -1.50. The highest BCUT2D eigenvalue weighted by molar-refractivity contribution is 7.09. The Labute approximate surface area is 132 Å². The second-order valence-electron chi connectivity index (χ2n) is 4.69.